The predicted molar refractivity (Wildman–Crippen MR) is 77.5 cm³/mol. The summed E-state index contributed by atoms with van der Waals surface area (Å²) >= 11 is 0. The van der Waals surface area contributed by atoms with Crippen molar-refractivity contribution in [3.05, 3.63) is 29.2 Å². The lowest BCUT2D eigenvalue weighted by atomic mass is 9.97. The van der Waals surface area contributed by atoms with Gasteiger partial charge in [0.1, 0.15) is 5.76 Å². The molecule has 0 bridgehead atoms. The lowest BCUT2D eigenvalue weighted by Crippen LogP contribution is -2.39. The molecule has 1 aliphatic heterocycles. The molecule has 1 atom stereocenters. The van der Waals surface area contributed by atoms with Crippen LogP contribution < -0.4 is 0 Å². The molecule has 1 amide bonds. The summed E-state index contributed by atoms with van der Waals surface area (Å²) in [7, 11) is 0. The van der Waals surface area contributed by atoms with E-state index in [1.807, 2.05) is 13.8 Å². The van der Waals surface area contributed by atoms with Gasteiger partial charge in [-0.15, -0.1) is 0 Å². The Kier molecular flexibility index (Phi) is 3.96. The van der Waals surface area contributed by atoms with Gasteiger partial charge >= 0.3 is 0 Å². The molecule has 1 fully saturated rings. The molecule has 1 saturated heterocycles. The molecule has 3 rings (SSSR count). The maximum absolute atomic E-state index is 12.4. The van der Waals surface area contributed by atoms with Crippen LogP contribution in [-0.4, -0.2) is 39.2 Å². The number of amides is 1. The van der Waals surface area contributed by atoms with Gasteiger partial charge in [-0.1, -0.05) is 24.2 Å². The number of rotatable bonds is 3. The lowest BCUT2D eigenvalue weighted by Gasteiger charge is -2.30. The van der Waals surface area contributed by atoms with Crippen LogP contribution in [0.4, 0.5) is 0 Å². The number of nitrogens with zero attached hydrogens (tertiary/aromatic N) is 4. The van der Waals surface area contributed by atoms with Gasteiger partial charge in [-0.25, -0.2) is 0 Å². The smallest absolute Gasteiger partial charge is 0.276 e. The van der Waals surface area contributed by atoms with E-state index in [4.69, 9.17) is 9.05 Å². The summed E-state index contributed by atoms with van der Waals surface area (Å²) in [5.41, 5.74) is 0.353. The number of carbonyl (C=O) groups is 1. The van der Waals surface area contributed by atoms with Gasteiger partial charge in [0.05, 0.1) is 5.92 Å². The summed E-state index contributed by atoms with van der Waals surface area (Å²) in [4.78, 5) is 18.7. The van der Waals surface area contributed by atoms with Crippen molar-refractivity contribution in [2.45, 2.75) is 45.4 Å². The van der Waals surface area contributed by atoms with E-state index in [1.165, 1.54) is 0 Å². The minimum absolute atomic E-state index is 0.0886. The minimum Gasteiger partial charge on any atom is -0.361 e. The largest absolute Gasteiger partial charge is 0.361 e. The van der Waals surface area contributed by atoms with Crippen molar-refractivity contribution in [1.29, 1.82) is 0 Å². The Labute approximate surface area is 128 Å². The second-order valence-electron chi connectivity index (χ2n) is 6.06. The van der Waals surface area contributed by atoms with Gasteiger partial charge in [-0.2, -0.15) is 4.98 Å². The molecule has 7 nitrogen and oxygen atoms in total. The summed E-state index contributed by atoms with van der Waals surface area (Å²) in [6, 6.07) is 1.66. The SMILES string of the molecule is Cc1cc(C(=O)N2CCC[C@H](c3nc(C(C)C)no3)C2)no1. The minimum atomic E-state index is -0.106. The van der Waals surface area contributed by atoms with Crippen LogP contribution in [0.3, 0.4) is 0 Å². The third kappa shape index (κ3) is 2.88. The van der Waals surface area contributed by atoms with Gasteiger partial charge in [0.2, 0.25) is 5.89 Å². The molecule has 0 spiro atoms. The Morgan fingerprint density at radius 1 is 1.36 bits per heavy atom. The van der Waals surface area contributed by atoms with Crippen molar-refractivity contribution in [1.82, 2.24) is 20.2 Å². The second kappa shape index (κ2) is 5.90. The van der Waals surface area contributed by atoms with E-state index in [-0.39, 0.29) is 17.7 Å². The topological polar surface area (TPSA) is 85.3 Å². The molecule has 0 radical (unpaired) electrons. The number of aryl methyl sites for hydroxylation is 1. The molecular weight excluding hydrogens is 284 g/mol. The molecule has 0 aromatic carbocycles. The Balaban J connectivity index is 1.72. The average molecular weight is 304 g/mol. The molecule has 0 unspecified atom stereocenters. The van der Waals surface area contributed by atoms with Crippen molar-refractivity contribution >= 4 is 5.91 Å². The number of aromatic nitrogens is 3. The maximum Gasteiger partial charge on any atom is 0.276 e. The quantitative estimate of drug-likeness (QED) is 0.866. The standard InChI is InChI=1S/C15H20N4O3/c1-9(2)13-16-14(22-18-13)11-5-4-6-19(8-11)15(20)12-7-10(3)21-17-12/h7,9,11H,4-6,8H2,1-3H3/t11-/m0/s1. The Morgan fingerprint density at radius 3 is 2.82 bits per heavy atom. The van der Waals surface area contributed by atoms with E-state index in [1.54, 1.807) is 17.9 Å². The van der Waals surface area contributed by atoms with Crippen LogP contribution in [0.25, 0.3) is 0 Å². The van der Waals surface area contributed by atoms with Crippen molar-refractivity contribution in [2.75, 3.05) is 13.1 Å². The number of piperidine rings is 1. The lowest BCUT2D eigenvalue weighted by molar-refractivity contribution is 0.0685. The number of hydrogen-bond donors (Lipinski definition) is 0. The molecule has 0 aliphatic carbocycles. The maximum atomic E-state index is 12.4. The molecule has 3 heterocycles. The van der Waals surface area contributed by atoms with Gasteiger partial charge in [-0.3, -0.25) is 4.79 Å². The van der Waals surface area contributed by atoms with E-state index >= 15 is 0 Å². The summed E-state index contributed by atoms with van der Waals surface area (Å²) in [6.07, 6.45) is 1.86. The molecule has 118 valence electrons. The molecule has 2 aromatic rings. The molecule has 2 aromatic heterocycles. The van der Waals surface area contributed by atoms with Crippen LogP contribution in [0.5, 0.6) is 0 Å². The fourth-order valence-electron chi connectivity index (χ4n) is 2.64. The van der Waals surface area contributed by atoms with Gasteiger partial charge < -0.3 is 13.9 Å². The highest BCUT2D eigenvalue weighted by Gasteiger charge is 2.30. The average Bonchev–Trinajstić information content (AvgIpc) is 3.15. The number of hydrogen-bond acceptors (Lipinski definition) is 6. The van der Waals surface area contributed by atoms with E-state index < -0.39 is 0 Å². The number of likely N-dealkylation sites (tertiary alicyclic amines) is 1. The molecule has 0 N–H and O–H groups in total. The van der Waals surface area contributed by atoms with Gasteiger partial charge in [0, 0.05) is 25.1 Å². The van der Waals surface area contributed by atoms with Gasteiger partial charge in [0.25, 0.3) is 5.91 Å². The zero-order valence-corrected chi connectivity index (χ0v) is 13.1. The zero-order valence-electron chi connectivity index (χ0n) is 13.1. The normalized spacial score (nSPS) is 18.9. The van der Waals surface area contributed by atoms with Gasteiger partial charge in [-0.05, 0) is 19.8 Å². The second-order valence-corrected chi connectivity index (χ2v) is 6.06. The Hall–Kier alpha value is -2.18. The zero-order chi connectivity index (χ0) is 15.7. The van der Waals surface area contributed by atoms with Crippen molar-refractivity contribution in [2.24, 2.45) is 0 Å². The monoisotopic (exact) mass is 304 g/mol. The molecule has 0 saturated carbocycles. The van der Waals surface area contributed by atoms with Crippen LogP contribution in [0.15, 0.2) is 15.1 Å². The summed E-state index contributed by atoms with van der Waals surface area (Å²) in [6.45, 7) is 7.11. The van der Waals surface area contributed by atoms with E-state index in [0.717, 1.165) is 12.8 Å². The molecule has 22 heavy (non-hydrogen) atoms. The van der Waals surface area contributed by atoms with E-state index in [9.17, 15) is 4.79 Å². The molecular formula is C15H20N4O3. The van der Waals surface area contributed by atoms with E-state index in [0.29, 0.717) is 36.3 Å². The fraction of sp³-hybridized carbons (Fsp3) is 0.600. The first-order chi connectivity index (χ1) is 10.5. The highest BCUT2D eigenvalue weighted by Crippen LogP contribution is 2.27. The van der Waals surface area contributed by atoms with Gasteiger partial charge in [0.15, 0.2) is 11.5 Å². The first-order valence-electron chi connectivity index (χ1n) is 7.60. The summed E-state index contributed by atoms with van der Waals surface area (Å²) < 4.78 is 10.3. The number of carbonyl (C=O) groups excluding carboxylic acids is 1. The summed E-state index contributed by atoms with van der Waals surface area (Å²) in [5, 5.41) is 7.80. The Morgan fingerprint density at radius 2 is 2.18 bits per heavy atom. The molecule has 7 heteroatoms. The van der Waals surface area contributed by atoms with Crippen LogP contribution in [0.2, 0.25) is 0 Å². The van der Waals surface area contributed by atoms with Crippen LogP contribution in [-0.2, 0) is 0 Å². The van der Waals surface area contributed by atoms with Crippen LogP contribution >= 0.6 is 0 Å². The van der Waals surface area contributed by atoms with Crippen molar-refractivity contribution in [3.8, 4) is 0 Å². The van der Waals surface area contributed by atoms with Crippen LogP contribution in [0, 0.1) is 6.92 Å². The Bertz CT molecular complexity index is 661. The molecule has 1 aliphatic rings. The first kappa shape index (κ1) is 14.7. The van der Waals surface area contributed by atoms with Crippen molar-refractivity contribution < 1.29 is 13.8 Å². The van der Waals surface area contributed by atoms with E-state index in [2.05, 4.69) is 15.3 Å². The summed E-state index contributed by atoms with van der Waals surface area (Å²) in [5.74, 6) is 2.19. The third-order valence-electron chi connectivity index (χ3n) is 3.88. The highest BCUT2D eigenvalue weighted by molar-refractivity contribution is 5.92. The predicted octanol–water partition coefficient (Wildman–Crippen LogP) is 2.51. The first-order valence-corrected chi connectivity index (χ1v) is 7.60. The fourth-order valence-corrected chi connectivity index (χ4v) is 2.64. The van der Waals surface area contributed by atoms with Crippen LogP contribution in [0.1, 0.15) is 66.5 Å². The highest BCUT2D eigenvalue weighted by atomic mass is 16.5. The third-order valence-corrected chi connectivity index (χ3v) is 3.88. The van der Waals surface area contributed by atoms with Crippen molar-refractivity contribution in [3.63, 3.8) is 0 Å².